The standard InChI is InChI=1S/C7H4O3/c8-6-4-2-1-3-5(6)7(9)10/h2-4H,(H-,8,9,10). The Morgan fingerprint density at radius 2 is 2.50 bits per heavy atom. The van der Waals surface area contributed by atoms with Gasteiger partial charge in [0.2, 0.25) is 0 Å². The van der Waals surface area contributed by atoms with E-state index in [1.54, 1.807) is 0 Å². The molecule has 1 aliphatic carbocycles. The van der Waals surface area contributed by atoms with Crippen LogP contribution in [0.3, 0.4) is 0 Å². The van der Waals surface area contributed by atoms with E-state index in [9.17, 15) is 9.90 Å². The third kappa shape index (κ3) is 1.04. The Labute approximate surface area is 57.6 Å². The van der Waals surface area contributed by atoms with Crippen LogP contribution in [0.4, 0.5) is 0 Å². The van der Waals surface area contributed by atoms with Gasteiger partial charge in [-0.25, -0.2) is 4.79 Å². The van der Waals surface area contributed by atoms with Crippen LogP contribution in [0.5, 0.6) is 0 Å². The van der Waals surface area contributed by atoms with Gasteiger partial charge in [0.25, 0.3) is 0 Å². The molecule has 0 amide bonds. The highest BCUT2D eigenvalue weighted by Gasteiger charge is 2.21. The molecule has 0 heterocycles. The van der Waals surface area contributed by atoms with Gasteiger partial charge in [-0.15, -0.1) is 0 Å². The zero-order valence-corrected chi connectivity index (χ0v) is 5.00. The summed E-state index contributed by atoms with van der Waals surface area (Å²) >= 11 is 0. The predicted octanol–water partition coefficient (Wildman–Crippen LogP) is -0.385. The number of allylic oxidation sites excluding steroid dienone is 1. The summed E-state index contributed by atoms with van der Waals surface area (Å²) in [4.78, 5) is 10.2. The average Bonchev–Trinajstić information content (AvgIpc) is 1.88. The van der Waals surface area contributed by atoms with Crippen LogP contribution in [-0.4, -0.2) is 11.1 Å². The van der Waals surface area contributed by atoms with Gasteiger partial charge in [-0.3, -0.25) is 0 Å². The van der Waals surface area contributed by atoms with Gasteiger partial charge in [0.1, 0.15) is 12.2 Å². The van der Waals surface area contributed by atoms with Gasteiger partial charge < -0.3 is 10.2 Å². The summed E-state index contributed by atoms with van der Waals surface area (Å²) in [6.07, 6.45) is 3.71. The van der Waals surface area contributed by atoms with Gasteiger partial charge in [0, 0.05) is 17.6 Å². The van der Waals surface area contributed by atoms with Crippen molar-refractivity contribution in [1.29, 1.82) is 0 Å². The summed E-state index contributed by atoms with van der Waals surface area (Å²) < 4.78 is 0. The smallest absolute Gasteiger partial charge is 0.393 e. The van der Waals surface area contributed by atoms with Gasteiger partial charge in [0.05, 0.1) is 0 Å². The summed E-state index contributed by atoms with van der Waals surface area (Å²) in [6.45, 7) is 0. The molecule has 0 spiro atoms. The molecule has 1 rings (SSSR count). The molecular weight excluding hydrogens is 132 g/mol. The van der Waals surface area contributed by atoms with E-state index < -0.39 is 11.7 Å². The summed E-state index contributed by atoms with van der Waals surface area (Å²) in [5, 5.41) is 19.0. The van der Waals surface area contributed by atoms with Gasteiger partial charge in [-0.2, -0.15) is 0 Å². The Bertz CT molecular complexity index is 244. The van der Waals surface area contributed by atoms with E-state index in [1.165, 1.54) is 12.2 Å². The monoisotopic (exact) mass is 136 g/mol. The Morgan fingerprint density at radius 3 is 2.90 bits per heavy atom. The lowest BCUT2D eigenvalue weighted by atomic mass is 10.1. The molecule has 10 heavy (non-hydrogen) atoms. The maximum absolute atomic E-state index is 10.7. The van der Waals surface area contributed by atoms with Crippen molar-refractivity contribution in [3.63, 3.8) is 0 Å². The highest BCUT2D eigenvalue weighted by atomic mass is 16.4. The SMILES string of the molecule is O=C(O)[C+]1C=C=CC=C1[O-]. The number of hydrogen-bond acceptors (Lipinski definition) is 2. The first kappa shape index (κ1) is 6.52. The zero-order valence-electron chi connectivity index (χ0n) is 5.00. The number of carboxylic acid groups (broad SMARTS) is 1. The van der Waals surface area contributed by atoms with E-state index in [2.05, 4.69) is 5.73 Å². The minimum Gasteiger partial charge on any atom is -0.851 e. The van der Waals surface area contributed by atoms with Crippen LogP contribution in [0.25, 0.3) is 0 Å². The molecule has 0 aromatic rings. The van der Waals surface area contributed by atoms with Crippen molar-refractivity contribution in [3.8, 4) is 0 Å². The maximum Gasteiger partial charge on any atom is 0.393 e. The van der Waals surface area contributed by atoms with Gasteiger partial charge >= 0.3 is 5.97 Å². The Morgan fingerprint density at radius 1 is 1.80 bits per heavy atom. The van der Waals surface area contributed by atoms with Crippen molar-refractivity contribution in [2.24, 2.45) is 0 Å². The van der Waals surface area contributed by atoms with Crippen LogP contribution in [0.2, 0.25) is 0 Å². The number of rotatable bonds is 1. The second kappa shape index (κ2) is 2.33. The molecule has 0 aromatic carbocycles. The van der Waals surface area contributed by atoms with Gasteiger partial charge in [0.15, 0.2) is 5.92 Å². The first-order chi connectivity index (χ1) is 4.72. The number of carbonyl (C=O) groups is 1. The molecule has 0 fully saturated rings. The molecule has 1 N–H and O–H groups in total. The number of carboxylic acids is 1. The molecule has 0 radical (unpaired) electrons. The molecule has 0 bridgehead atoms. The lowest BCUT2D eigenvalue weighted by Gasteiger charge is -2.07. The molecule has 3 heteroatoms. The topological polar surface area (TPSA) is 60.4 Å². The van der Waals surface area contributed by atoms with Gasteiger partial charge in [-0.1, -0.05) is 0 Å². The van der Waals surface area contributed by atoms with Crippen molar-refractivity contribution in [2.45, 2.75) is 0 Å². The van der Waals surface area contributed by atoms with Crippen LogP contribution in [0.15, 0.2) is 29.7 Å². The Balaban J connectivity index is 2.90. The fourth-order valence-corrected chi connectivity index (χ4v) is 0.583. The van der Waals surface area contributed by atoms with Crippen LogP contribution in [-0.2, 0) is 4.79 Å². The quantitative estimate of drug-likeness (QED) is 0.394. The molecule has 0 atom stereocenters. The van der Waals surface area contributed by atoms with E-state index in [0.29, 0.717) is 0 Å². The van der Waals surface area contributed by atoms with Crippen LogP contribution in [0.1, 0.15) is 0 Å². The van der Waals surface area contributed by atoms with Crippen LogP contribution in [0, 0.1) is 5.92 Å². The van der Waals surface area contributed by atoms with Crippen LogP contribution >= 0.6 is 0 Å². The second-order valence-corrected chi connectivity index (χ2v) is 1.73. The maximum atomic E-state index is 10.7. The number of hydrogen-bond donors (Lipinski definition) is 1. The second-order valence-electron chi connectivity index (χ2n) is 1.73. The third-order valence-corrected chi connectivity index (χ3v) is 1.05. The van der Waals surface area contributed by atoms with Crippen molar-refractivity contribution in [3.05, 3.63) is 35.6 Å². The van der Waals surface area contributed by atoms with E-state index in [-0.39, 0.29) is 5.92 Å². The average molecular weight is 136 g/mol. The predicted molar refractivity (Wildman–Crippen MR) is 31.6 cm³/mol. The first-order valence-electron chi connectivity index (χ1n) is 2.62. The van der Waals surface area contributed by atoms with Crippen molar-refractivity contribution >= 4 is 5.97 Å². The molecule has 0 saturated heterocycles. The van der Waals surface area contributed by atoms with E-state index in [0.717, 1.165) is 6.08 Å². The lowest BCUT2D eigenvalue weighted by molar-refractivity contribution is -0.300. The molecule has 0 saturated carbocycles. The normalized spacial score (nSPS) is 15.2. The van der Waals surface area contributed by atoms with Crippen LogP contribution < -0.4 is 5.11 Å². The fourth-order valence-electron chi connectivity index (χ4n) is 0.583. The summed E-state index contributed by atoms with van der Waals surface area (Å²) in [5.74, 6) is -1.92. The fraction of sp³-hybridized carbons (Fsp3) is 0. The molecule has 0 aliphatic heterocycles. The van der Waals surface area contributed by atoms with Crippen molar-refractivity contribution < 1.29 is 15.0 Å². The molecule has 3 nitrogen and oxygen atoms in total. The highest BCUT2D eigenvalue weighted by Crippen LogP contribution is 2.12. The largest absolute Gasteiger partial charge is 0.851 e. The van der Waals surface area contributed by atoms with E-state index >= 15 is 0 Å². The minimum absolute atomic E-state index is 0.234. The summed E-state index contributed by atoms with van der Waals surface area (Å²) in [5.41, 5.74) is 2.50. The molecular formula is C7H4O3. The molecule has 1 aliphatic rings. The lowest BCUT2D eigenvalue weighted by Crippen LogP contribution is -2.20. The number of aliphatic carboxylic acids is 1. The Hall–Kier alpha value is -1.60. The Kier molecular flexibility index (Phi) is 1.52. The molecule has 0 unspecified atom stereocenters. The van der Waals surface area contributed by atoms with Crippen molar-refractivity contribution in [1.82, 2.24) is 0 Å². The zero-order chi connectivity index (χ0) is 7.56. The third-order valence-electron chi connectivity index (χ3n) is 1.05. The highest BCUT2D eigenvalue weighted by molar-refractivity contribution is 5.90. The summed E-state index contributed by atoms with van der Waals surface area (Å²) in [6, 6.07) is 0. The molecule has 0 aromatic heterocycles. The first-order valence-corrected chi connectivity index (χ1v) is 2.62. The minimum atomic E-state index is -1.21. The van der Waals surface area contributed by atoms with Crippen molar-refractivity contribution in [2.75, 3.05) is 0 Å². The molecule has 50 valence electrons. The van der Waals surface area contributed by atoms with Gasteiger partial charge in [-0.05, 0) is 0 Å². The summed E-state index contributed by atoms with van der Waals surface area (Å²) in [7, 11) is 0. The van der Waals surface area contributed by atoms with E-state index in [4.69, 9.17) is 5.11 Å². The van der Waals surface area contributed by atoms with E-state index in [1.807, 2.05) is 0 Å².